The molecule has 1 unspecified atom stereocenters. The third-order valence-corrected chi connectivity index (χ3v) is 4.23. The minimum Gasteiger partial charge on any atom is -0.344 e. The average molecular weight is 295 g/mol. The van der Waals surface area contributed by atoms with E-state index in [0.717, 1.165) is 12.8 Å². The zero-order chi connectivity index (χ0) is 15.7. The molecular weight excluding hydrogens is 274 g/mol. The summed E-state index contributed by atoms with van der Waals surface area (Å²) in [4.78, 5) is 20.6. The molecule has 2 aromatic rings. The maximum atomic E-state index is 12.4. The van der Waals surface area contributed by atoms with E-state index >= 15 is 0 Å². The number of carbonyl (C=O) groups excluding carboxylic acids is 1. The van der Waals surface area contributed by atoms with Gasteiger partial charge in [-0.05, 0) is 48.4 Å². The fraction of sp³-hybridized carbons (Fsp3) is 0.389. The largest absolute Gasteiger partial charge is 0.344 e. The molecule has 1 aliphatic carbocycles. The molecule has 1 aliphatic rings. The summed E-state index contributed by atoms with van der Waals surface area (Å²) in [5, 5.41) is 3.12. The molecule has 3 rings (SSSR count). The Hall–Kier alpha value is -2.23. The van der Waals surface area contributed by atoms with E-state index in [1.165, 1.54) is 16.7 Å². The summed E-state index contributed by atoms with van der Waals surface area (Å²) in [6.45, 7) is 6.17. The van der Waals surface area contributed by atoms with Gasteiger partial charge >= 0.3 is 0 Å². The van der Waals surface area contributed by atoms with Crippen LogP contribution >= 0.6 is 0 Å². The Kier molecular flexibility index (Phi) is 3.92. The predicted molar refractivity (Wildman–Crippen MR) is 85.8 cm³/mol. The molecule has 0 spiro atoms. The summed E-state index contributed by atoms with van der Waals surface area (Å²) in [6.07, 6.45) is 3.59. The summed E-state index contributed by atoms with van der Waals surface area (Å²) in [7, 11) is 0. The number of carbonyl (C=O) groups is 1. The van der Waals surface area contributed by atoms with Gasteiger partial charge in [0.25, 0.3) is 5.91 Å². The van der Waals surface area contributed by atoms with Gasteiger partial charge in [0.2, 0.25) is 0 Å². The van der Waals surface area contributed by atoms with Crippen molar-refractivity contribution in [2.45, 2.75) is 45.6 Å². The molecule has 0 bridgehead atoms. The number of rotatable bonds is 3. The van der Waals surface area contributed by atoms with E-state index in [-0.39, 0.29) is 11.9 Å². The smallest absolute Gasteiger partial charge is 0.270 e. The van der Waals surface area contributed by atoms with Crippen LogP contribution in [0.3, 0.4) is 0 Å². The molecule has 1 N–H and O–H groups in total. The molecule has 1 heterocycles. The number of nitrogens with zero attached hydrogens (tertiary/aromatic N) is 2. The Labute approximate surface area is 131 Å². The van der Waals surface area contributed by atoms with Crippen LogP contribution in [0.2, 0.25) is 0 Å². The van der Waals surface area contributed by atoms with E-state index in [2.05, 4.69) is 47.3 Å². The third kappa shape index (κ3) is 2.86. The predicted octanol–water partition coefficient (Wildman–Crippen LogP) is 3.33. The van der Waals surface area contributed by atoms with Crippen LogP contribution in [-0.2, 0) is 6.42 Å². The van der Waals surface area contributed by atoms with E-state index in [9.17, 15) is 4.79 Å². The lowest BCUT2D eigenvalue weighted by atomic mass is 9.97. The Bertz CT molecular complexity index is 709. The van der Waals surface area contributed by atoms with Crippen molar-refractivity contribution in [3.63, 3.8) is 0 Å². The number of amides is 1. The molecule has 22 heavy (non-hydrogen) atoms. The number of fused-ring (bicyclic) bond motifs is 1. The van der Waals surface area contributed by atoms with Gasteiger partial charge in [-0.1, -0.05) is 32.0 Å². The van der Waals surface area contributed by atoms with Crippen LogP contribution in [0, 0.1) is 6.92 Å². The number of hydrogen-bond acceptors (Lipinski definition) is 3. The first-order valence-corrected chi connectivity index (χ1v) is 7.78. The maximum absolute atomic E-state index is 12.4. The molecule has 114 valence electrons. The molecule has 1 atom stereocenters. The van der Waals surface area contributed by atoms with Crippen molar-refractivity contribution in [1.82, 2.24) is 15.3 Å². The van der Waals surface area contributed by atoms with Crippen molar-refractivity contribution >= 4 is 5.91 Å². The van der Waals surface area contributed by atoms with Crippen molar-refractivity contribution < 1.29 is 4.79 Å². The topological polar surface area (TPSA) is 54.9 Å². The van der Waals surface area contributed by atoms with E-state index in [0.29, 0.717) is 17.4 Å². The van der Waals surface area contributed by atoms with Crippen molar-refractivity contribution in [3.05, 3.63) is 58.7 Å². The second kappa shape index (κ2) is 5.87. The van der Waals surface area contributed by atoms with Crippen LogP contribution in [0.15, 0.2) is 30.5 Å². The molecular formula is C18H21N3O. The van der Waals surface area contributed by atoms with E-state index in [1.807, 2.05) is 0 Å². The summed E-state index contributed by atoms with van der Waals surface area (Å²) in [5.74, 6) is 0.978. The third-order valence-electron chi connectivity index (χ3n) is 4.23. The lowest BCUT2D eigenvalue weighted by Gasteiger charge is -2.16. The summed E-state index contributed by atoms with van der Waals surface area (Å²) >= 11 is 0. The van der Waals surface area contributed by atoms with Crippen LogP contribution in [0.1, 0.15) is 65.2 Å². The molecule has 1 aromatic carbocycles. The number of nitrogens with one attached hydrogen (secondary N) is 1. The highest BCUT2D eigenvalue weighted by molar-refractivity contribution is 5.92. The highest BCUT2D eigenvalue weighted by atomic mass is 16.1. The zero-order valence-electron chi connectivity index (χ0n) is 13.3. The Morgan fingerprint density at radius 1 is 1.32 bits per heavy atom. The molecule has 1 aromatic heterocycles. The van der Waals surface area contributed by atoms with Gasteiger partial charge in [-0.25, -0.2) is 9.97 Å². The molecule has 0 radical (unpaired) electrons. The van der Waals surface area contributed by atoms with Crippen LogP contribution in [0.5, 0.6) is 0 Å². The van der Waals surface area contributed by atoms with Crippen molar-refractivity contribution in [2.24, 2.45) is 0 Å². The van der Waals surface area contributed by atoms with E-state index in [1.54, 1.807) is 19.2 Å². The second-order valence-electron chi connectivity index (χ2n) is 6.17. The van der Waals surface area contributed by atoms with Crippen molar-refractivity contribution in [1.29, 1.82) is 0 Å². The van der Waals surface area contributed by atoms with E-state index < -0.39 is 0 Å². The standard InChI is InChI=1S/C18H21N3O/c1-11(2)14-5-4-13-6-7-16(15(13)10-14)21-18(22)17-8-9-19-12(3)20-17/h4-5,8-11,16H,6-7H2,1-3H3,(H,21,22). The van der Waals surface area contributed by atoms with E-state index in [4.69, 9.17) is 0 Å². The van der Waals surface area contributed by atoms with Gasteiger partial charge in [0.15, 0.2) is 0 Å². The minimum atomic E-state index is -0.127. The van der Waals surface area contributed by atoms with Crippen LogP contribution in [0.25, 0.3) is 0 Å². The van der Waals surface area contributed by atoms with Crippen LogP contribution < -0.4 is 5.32 Å². The van der Waals surface area contributed by atoms with Crippen molar-refractivity contribution in [2.75, 3.05) is 0 Å². The second-order valence-corrected chi connectivity index (χ2v) is 6.17. The monoisotopic (exact) mass is 295 g/mol. The number of hydrogen-bond donors (Lipinski definition) is 1. The Morgan fingerprint density at radius 3 is 2.86 bits per heavy atom. The Morgan fingerprint density at radius 2 is 2.14 bits per heavy atom. The van der Waals surface area contributed by atoms with Gasteiger partial charge in [-0.15, -0.1) is 0 Å². The van der Waals surface area contributed by atoms with Gasteiger partial charge in [-0.2, -0.15) is 0 Å². The number of aromatic nitrogens is 2. The SMILES string of the molecule is Cc1nccc(C(=O)NC2CCc3ccc(C(C)C)cc32)n1. The highest BCUT2D eigenvalue weighted by Crippen LogP contribution is 2.33. The lowest BCUT2D eigenvalue weighted by Crippen LogP contribution is -2.28. The minimum absolute atomic E-state index is 0.0801. The van der Waals surface area contributed by atoms with Crippen LogP contribution in [0.4, 0.5) is 0 Å². The fourth-order valence-electron chi connectivity index (χ4n) is 2.94. The van der Waals surface area contributed by atoms with Gasteiger partial charge in [-0.3, -0.25) is 4.79 Å². The molecule has 0 saturated heterocycles. The number of benzene rings is 1. The lowest BCUT2D eigenvalue weighted by molar-refractivity contribution is 0.0931. The fourth-order valence-corrected chi connectivity index (χ4v) is 2.94. The van der Waals surface area contributed by atoms with Gasteiger partial charge < -0.3 is 5.32 Å². The van der Waals surface area contributed by atoms with Gasteiger partial charge in [0, 0.05) is 6.20 Å². The molecule has 4 heteroatoms. The zero-order valence-corrected chi connectivity index (χ0v) is 13.3. The van der Waals surface area contributed by atoms with Gasteiger partial charge in [0.1, 0.15) is 11.5 Å². The average Bonchev–Trinajstić information content (AvgIpc) is 2.89. The van der Waals surface area contributed by atoms with Crippen molar-refractivity contribution in [3.8, 4) is 0 Å². The van der Waals surface area contributed by atoms with Gasteiger partial charge in [0.05, 0.1) is 6.04 Å². The first-order chi connectivity index (χ1) is 10.5. The first kappa shape index (κ1) is 14.7. The first-order valence-electron chi connectivity index (χ1n) is 7.78. The molecule has 0 fully saturated rings. The quantitative estimate of drug-likeness (QED) is 0.945. The molecule has 0 aliphatic heterocycles. The van der Waals surface area contributed by atoms with Crippen LogP contribution in [-0.4, -0.2) is 15.9 Å². The maximum Gasteiger partial charge on any atom is 0.270 e. The molecule has 1 amide bonds. The summed E-state index contributed by atoms with van der Waals surface area (Å²) < 4.78 is 0. The highest BCUT2D eigenvalue weighted by Gasteiger charge is 2.25. The molecule has 4 nitrogen and oxygen atoms in total. The molecule has 0 saturated carbocycles. The Balaban J connectivity index is 1.81. The normalized spacial score (nSPS) is 16.6. The summed E-state index contributed by atoms with van der Waals surface area (Å²) in [5.41, 5.74) is 4.35. The summed E-state index contributed by atoms with van der Waals surface area (Å²) in [6, 6.07) is 8.37. The number of aryl methyl sites for hydroxylation is 2.